The molecule has 8 heteroatoms. The summed E-state index contributed by atoms with van der Waals surface area (Å²) in [6, 6.07) is 0.0988. The lowest BCUT2D eigenvalue weighted by Crippen LogP contribution is -2.17. The Morgan fingerprint density at radius 2 is 2.27 bits per heavy atom. The predicted octanol–water partition coefficient (Wildman–Crippen LogP) is 3.14. The lowest BCUT2D eigenvalue weighted by Gasteiger charge is -2.04. The molecule has 0 amide bonds. The fourth-order valence-corrected chi connectivity index (χ4v) is 3.73. The molecule has 116 valence electrons. The minimum absolute atomic E-state index is 0.0988. The van der Waals surface area contributed by atoms with Crippen LogP contribution >= 0.6 is 22.9 Å². The van der Waals surface area contributed by atoms with Crippen molar-refractivity contribution in [2.45, 2.75) is 32.9 Å². The van der Waals surface area contributed by atoms with E-state index in [0.29, 0.717) is 12.4 Å². The van der Waals surface area contributed by atoms with Gasteiger partial charge in [0.2, 0.25) is 5.28 Å². The molecule has 3 aromatic heterocycles. The highest BCUT2D eigenvalue weighted by Crippen LogP contribution is 2.35. The first-order valence-electron chi connectivity index (χ1n) is 6.86. The fraction of sp³-hybridized carbons (Fsp3) is 0.357. The molecule has 0 saturated carbocycles. The van der Waals surface area contributed by atoms with Crippen molar-refractivity contribution in [1.82, 2.24) is 15.0 Å². The molecular weight excluding hydrogens is 322 g/mol. The summed E-state index contributed by atoms with van der Waals surface area (Å²) in [5.74, 6) is 0.710. The van der Waals surface area contributed by atoms with Crippen LogP contribution in [0.2, 0.25) is 5.28 Å². The third-order valence-electron chi connectivity index (χ3n) is 3.26. The molecule has 0 radical (unpaired) electrons. The zero-order chi connectivity index (χ0) is 15.7. The van der Waals surface area contributed by atoms with Crippen molar-refractivity contribution < 1.29 is 4.42 Å². The molecule has 0 bridgehead atoms. The van der Waals surface area contributed by atoms with Gasteiger partial charge >= 0.3 is 0 Å². The molecule has 3 aromatic rings. The van der Waals surface area contributed by atoms with Crippen LogP contribution in [0, 0.1) is 6.92 Å². The Hall–Kier alpha value is -1.70. The molecule has 3 rings (SSSR count). The smallest absolute Gasteiger partial charge is 0.224 e. The van der Waals surface area contributed by atoms with Crippen LogP contribution in [0.3, 0.4) is 0 Å². The number of fused-ring (bicyclic) bond motifs is 1. The number of hydrogen-bond acceptors (Lipinski definition) is 7. The van der Waals surface area contributed by atoms with E-state index in [4.69, 9.17) is 21.8 Å². The zero-order valence-electron chi connectivity index (χ0n) is 12.3. The molecule has 0 saturated heterocycles. The van der Waals surface area contributed by atoms with Gasteiger partial charge < -0.3 is 15.5 Å². The number of nitrogens with zero attached hydrogens (tertiary/aromatic N) is 3. The highest BCUT2D eigenvalue weighted by atomic mass is 35.5. The summed E-state index contributed by atoms with van der Waals surface area (Å²) in [4.78, 5) is 13.9. The zero-order valence-corrected chi connectivity index (χ0v) is 13.8. The van der Waals surface area contributed by atoms with E-state index in [0.717, 1.165) is 27.9 Å². The number of rotatable bonds is 5. The Balaban J connectivity index is 1.98. The third-order valence-corrected chi connectivity index (χ3v) is 4.74. The van der Waals surface area contributed by atoms with E-state index >= 15 is 0 Å². The summed E-state index contributed by atoms with van der Waals surface area (Å²) in [5.41, 5.74) is 8.71. The van der Waals surface area contributed by atoms with Gasteiger partial charge in [-0.1, -0.05) is 0 Å². The number of anilines is 1. The van der Waals surface area contributed by atoms with Gasteiger partial charge in [0.25, 0.3) is 0 Å². The molecule has 0 spiro atoms. The molecule has 0 unspecified atom stereocenters. The number of thiophene rings is 1. The van der Waals surface area contributed by atoms with E-state index < -0.39 is 0 Å². The second-order valence-corrected chi connectivity index (χ2v) is 6.63. The van der Waals surface area contributed by atoms with Gasteiger partial charge in [-0.25, -0.2) is 9.97 Å². The summed E-state index contributed by atoms with van der Waals surface area (Å²) in [6.07, 6.45) is 3.80. The van der Waals surface area contributed by atoms with Crippen LogP contribution in [0.1, 0.15) is 23.1 Å². The monoisotopic (exact) mass is 337 g/mol. The largest absolute Gasteiger partial charge is 0.451 e. The molecule has 3 heterocycles. The second-order valence-electron chi connectivity index (χ2n) is 5.18. The van der Waals surface area contributed by atoms with Crippen molar-refractivity contribution in [2.75, 3.05) is 5.32 Å². The number of halogens is 1. The van der Waals surface area contributed by atoms with Crippen molar-refractivity contribution >= 4 is 39.0 Å². The van der Waals surface area contributed by atoms with Crippen LogP contribution in [0.15, 0.2) is 17.1 Å². The highest BCUT2D eigenvalue weighted by Gasteiger charge is 2.16. The maximum Gasteiger partial charge on any atom is 0.224 e. The van der Waals surface area contributed by atoms with Gasteiger partial charge in [-0.3, -0.25) is 0 Å². The summed E-state index contributed by atoms with van der Waals surface area (Å²) in [7, 11) is 0. The highest BCUT2D eigenvalue weighted by molar-refractivity contribution is 7.19. The van der Waals surface area contributed by atoms with Gasteiger partial charge in [0.05, 0.1) is 22.5 Å². The molecular formula is C14H16ClN5OS. The molecule has 3 N–H and O–H groups in total. The van der Waals surface area contributed by atoms with Crippen LogP contribution < -0.4 is 11.1 Å². The molecule has 0 aliphatic carbocycles. The minimum Gasteiger partial charge on any atom is -0.451 e. The third kappa shape index (κ3) is 3.06. The first-order valence-corrected chi connectivity index (χ1v) is 8.06. The normalized spacial score (nSPS) is 12.7. The molecule has 0 aliphatic heterocycles. The van der Waals surface area contributed by atoms with Crippen LogP contribution in [-0.4, -0.2) is 21.0 Å². The molecule has 22 heavy (non-hydrogen) atoms. The fourth-order valence-electron chi connectivity index (χ4n) is 2.21. The summed E-state index contributed by atoms with van der Waals surface area (Å²) < 4.78 is 5.95. The van der Waals surface area contributed by atoms with Gasteiger partial charge in [-0.2, -0.15) is 4.98 Å². The average molecular weight is 338 g/mol. The quantitative estimate of drug-likeness (QED) is 0.695. The van der Waals surface area contributed by atoms with Crippen molar-refractivity contribution in [1.29, 1.82) is 0 Å². The maximum atomic E-state index is 6.06. The van der Waals surface area contributed by atoms with Gasteiger partial charge in [0.1, 0.15) is 12.1 Å². The molecule has 6 nitrogen and oxygen atoms in total. The predicted molar refractivity (Wildman–Crippen MR) is 88.3 cm³/mol. The topological polar surface area (TPSA) is 89.9 Å². The van der Waals surface area contributed by atoms with Crippen molar-refractivity contribution in [3.63, 3.8) is 0 Å². The Morgan fingerprint density at radius 1 is 1.45 bits per heavy atom. The Labute approximate surface area is 136 Å². The number of nitrogens with two attached hydrogens (primary N) is 1. The van der Waals surface area contributed by atoms with Gasteiger partial charge in [0, 0.05) is 10.9 Å². The molecule has 0 aromatic carbocycles. The Kier molecular flexibility index (Phi) is 4.28. The van der Waals surface area contributed by atoms with Crippen LogP contribution in [-0.2, 0) is 13.0 Å². The van der Waals surface area contributed by atoms with Gasteiger partial charge in [-0.05, 0) is 37.4 Å². The number of oxazole rings is 1. The average Bonchev–Trinajstić information content (AvgIpc) is 3.07. The molecule has 0 fully saturated rings. The number of hydrogen-bond donors (Lipinski definition) is 2. The minimum atomic E-state index is 0.0988. The van der Waals surface area contributed by atoms with Crippen molar-refractivity contribution in [3.05, 3.63) is 34.1 Å². The number of aromatic nitrogens is 3. The molecule has 0 aliphatic rings. The van der Waals surface area contributed by atoms with E-state index in [-0.39, 0.29) is 11.3 Å². The first-order chi connectivity index (χ1) is 10.5. The van der Waals surface area contributed by atoms with Crippen LogP contribution in [0.25, 0.3) is 10.2 Å². The lowest BCUT2D eigenvalue weighted by atomic mass is 10.1. The van der Waals surface area contributed by atoms with Crippen molar-refractivity contribution in [2.24, 2.45) is 5.73 Å². The van der Waals surface area contributed by atoms with E-state index in [1.54, 1.807) is 17.6 Å². The van der Waals surface area contributed by atoms with Crippen LogP contribution in [0.5, 0.6) is 0 Å². The van der Waals surface area contributed by atoms with E-state index in [2.05, 4.69) is 20.3 Å². The summed E-state index contributed by atoms with van der Waals surface area (Å²) in [5, 5.41) is 3.47. The van der Waals surface area contributed by atoms with Gasteiger partial charge in [0.15, 0.2) is 6.39 Å². The standard InChI is InChI=1S/C14H16ClN5OS/c1-7(16)3-10-8(2)11-12(22-10)13(20-14(15)19-11)17-4-9-5-21-6-18-9/h5-7H,3-4,16H2,1-2H3,(H,17,19,20)/t7-/m0/s1. The Bertz CT molecular complexity index is 784. The van der Waals surface area contributed by atoms with Crippen LogP contribution in [0.4, 0.5) is 5.82 Å². The van der Waals surface area contributed by atoms with Crippen molar-refractivity contribution in [3.8, 4) is 0 Å². The maximum absolute atomic E-state index is 6.06. The number of nitrogens with one attached hydrogen (secondary N) is 1. The number of aryl methyl sites for hydroxylation is 1. The second kappa shape index (κ2) is 6.20. The van der Waals surface area contributed by atoms with E-state index in [9.17, 15) is 0 Å². The van der Waals surface area contributed by atoms with E-state index in [1.165, 1.54) is 11.3 Å². The lowest BCUT2D eigenvalue weighted by molar-refractivity contribution is 0.556. The first kappa shape index (κ1) is 15.2. The summed E-state index contributed by atoms with van der Waals surface area (Å²) in [6.45, 7) is 4.55. The molecule has 1 atom stereocenters. The Morgan fingerprint density at radius 3 is 2.95 bits per heavy atom. The van der Waals surface area contributed by atoms with E-state index in [1.807, 2.05) is 13.8 Å². The van der Waals surface area contributed by atoms with Gasteiger partial charge in [-0.15, -0.1) is 11.3 Å². The SMILES string of the molecule is Cc1c(C[C@H](C)N)sc2c(NCc3cocn3)nc(Cl)nc12. The summed E-state index contributed by atoms with van der Waals surface area (Å²) >= 11 is 7.71.